The quantitative estimate of drug-likeness (QED) is 0.800. The van der Waals surface area contributed by atoms with Gasteiger partial charge in [-0.05, 0) is 24.6 Å². The highest BCUT2D eigenvalue weighted by atomic mass is 16.5. The minimum atomic E-state index is -0.207. The molecule has 1 saturated heterocycles. The number of ether oxygens (including phenoxy) is 2. The second-order valence-corrected chi connectivity index (χ2v) is 6.65. The number of hydrogen-bond donors (Lipinski definition) is 0. The summed E-state index contributed by atoms with van der Waals surface area (Å²) < 4.78 is 13.1. The van der Waals surface area contributed by atoms with Gasteiger partial charge in [-0.2, -0.15) is 5.10 Å². The molecule has 0 radical (unpaired) electrons. The molecule has 1 fully saturated rings. The normalized spacial score (nSPS) is 20.0. The van der Waals surface area contributed by atoms with Gasteiger partial charge in [-0.25, -0.2) is 0 Å². The summed E-state index contributed by atoms with van der Waals surface area (Å²) in [6.45, 7) is 2.27. The van der Waals surface area contributed by atoms with Crippen molar-refractivity contribution in [2.75, 3.05) is 37.7 Å². The highest BCUT2D eigenvalue weighted by Gasteiger charge is 2.30. The van der Waals surface area contributed by atoms with E-state index in [1.165, 1.54) is 4.90 Å². The maximum atomic E-state index is 12.9. The fourth-order valence-electron chi connectivity index (χ4n) is 3.41. The molecule has 0 spiro atoms. The third kappa shape index (κ3) is 3.95. The smallest absolute Gasteiger partial charge is 0.265 e. The fourth-order valence-corrected chi connectivity index (χ4v) is 3.41. The third-order valence-electron chi connectivity index (χ3n) is 4.75. The van der Waals surface area contributed by atoms with Crippen LogP contribution in [0.3, 0.4) is 0 Å². The van der Waals surface area contributed by atoms with Crippen molar-refractivity contribution < 1.29 is 19.1 Å². The molecule has 8 nitrogen and oxygen atoms in total. The van der Waals surface area contributed by atoms with Crippen LogP contribution >= 0.6 is 0 Å². The average Bonchev–Trinajstić information content (AvgIpc) is 3.07. The minimum Gasteiger partial charge on any atom is -0.482 e. The number of fused-ring (bicyclic) bond motifs is 1. The molecule has 2 amide bonds. The lowest BCUT2D eigenvalue weighted by atomic mass is 10.2. The molecular weight excluding hydrogens is 348 g/mol. The van der Waals surface area contributed by atoms with Crippen LogP contribution in [0.2, 0.25) is 0 Å². The van der Waals surface area contributed by atoms with Gasteiger partial charge in [0.05, 0.1) is 18.3 Å². The molecule has 1 aromatic heterocycles. The molecule has 0 saturated carbocycles. The summed E-state index contributed by atoms with van der Waals surface area (Å²) in [5.74, 6) is 0.331. The first kappa shape index (κ1) is 17.5. The Kier molecular flexibility index (Phi) is 5.06. The number of aromatic nitrogens is 2. The SMILES string of the molecule is O=C(CN1C(=O)COc2ccccc21)N1CCCOC(Cn2cccn2)C1. The molecule has 1 unspecified atom stereocenters. The molecule has 1 atom stereocenters. The highest BCUT2D eigenvalue weighted by molar-refractivity contribution is 6.02. The number of nitrogens with zero attached hydrogens (tertiary/aromatic N) is 4. The molecule has 0 aliphatic carbocycles. The van der Waals surface area contributed by atoms with Crippen molar-refractivity contribution in [1.82, 2.24) is 14.7 Å². The van der Waals surface area contributed by atoms with E-state index in [-0.39, 0.29) is 31.1 Å². The van der Waals surface area contributed by atoms with Crippen LogP contribution in [0.25, 0.3) is 0 Å². The van der Waals surface area contributed by atoms with E-state index in [0.717, 1.165) is 6.42 Å². The van der Waals surface area contributed by atoms with E-state index < -0.39 is 0 Å². The number of benzene rings is 1. The molecule has 1 aromatic carbocycles. The third-order valence-corrected chi connectivity index (χ3v) is 4.75. The predicted molar refractivity (Wildman–Crippen MR) is 97.5 cm³/mol. The molecule has 3 heterocycles. The summed E-state index contributed by atoms with van der Waals surface area (Å²) in [7, 11) is 0. The van der Waals surface area contributed by atoms with Gasteiger partial charge < -0.3 is 14.4 Å². The van der Waals surface area contributed by atoms with Crippen LogP contribution in [-0.4, -0.2) is 65.4 Å². The van der Waals surface area contributed by atoms with Gasteiger partial charge in [0, 0.05) is 32.1 Å². The van der Waals surface area contributed by atoms with E-state index in [0.29, 0.717) is 37.7 Å². The summed E-state index contributed by atoms with van der Waals surface area (Å²) in [6, 6.07) is 9.14. The summed E-state index contributed by atoms with van der Waals surface area (Å²) in [6.07, 6.45) is 4.25. The molecule has 2 aliphatic heterocycles. The summed E-state index contributed by atoms with van der Waals surface area (Å²) in [4.78, 5) is 28.5. The van der Waals surface area contributed by atoms with E-state index in [4.69, 9.17) is 9.47 Å². The number of para-hydroxylation sites is 2. The monoisotopic (exact) mass is 370 g/mol. The first-order chi connectivity index (χ1) is 13.2. The summed E-state index contributed by atoms with van der Waals surface area (Å²) in [5.41, 5.74) is 0.640. The molecule has 0 N–H and O–H groups in total. The standard InChI is InChI=1S/C19H22N4O4/c24-18(13-23-16-5-1-2-6-17(16)27-14-19(23)25)21-8-4-10-26-15(11-21)12-22-9-3-7-20-22/h1-3,5-7,9,15H,4,8,10-14H2. The van der Waals surface area contributed by atoms with E-state index in [1.807, 2.05) is 24.4 Å². The molecule has 2 aliphatic rings. The molecule has 142 valence electrons. The van der Waals surface area contributed by atoms with Crippen molar-refractivity contribution >= 4 is 17.5 Å². The second kappa shape index (κ2) is 7.79. The van der Waals surface area contributed by atoms with Crippen LogP contribution in [0.5, 0.6) is 5.75 Å². The predicted octanol–water partition coefficient (Wildman–Crippen LogP) is 0.926. The second-order valence-electron chi connectivity index (χ2n) is 6.65. The van der Waals surface area contributed by atoms with Gasteiger partial charge in [-0.3, -0.25) is 19.2 Å². The maximum absolute atomic E-state index is 12.9. The van der Waals surface area contributed by atoms with E-state index in [1.54, 1.807) is 27.9 Å². The van der Waals surface area contributed by atoms with Gasteiger partial charge in [0.2, 0.25) is 5.91 Å². The minimum absolute atomic E-state index is 0.00764. The van der Waals surface area contributed by atoms with Crippen LogP contribution in [0.15, 0.2) is 42.7 Å². The first-order valence-electron chi connectivity index (χ1n) is 9.10. The lowest BCUT2D eigenvalue weighted by Crippen LogP contribution is -2.48. The van der Waals surface area contributed by atoms with E-state index >= 15 is 0 Å². The van der Waals surface area contributed by atoms with Crippen LogP contribution in [0, 0.1) is 0 Å². The zero-order chi connectivity index (χ0) is 18.6. The van der Waals surface area contributed by atoms with E-state index in [2.05, 4.69) is 5.10 Å². The van der Waals surface area contributed by atoms with Crippen molar-refractivity contribution in [1.29, 1.82) is 0 Å². The van der Waals surface area contributed by atoms with E-state index in [9.17, 15) is 9.59 Å². The number of carbonyl (C=O) groups excluding carboxylic acids is 2. The lowest BCUT2D eigenvalue weighted by Gasteiger charge is -2.31. The Balaban J connectivity index is 1.44. The van der Waals surface area contributed by atoms with Gasteiger partial charge in [0.15, 0.2) is 6.61 Å². The molecule has 8 heteroatoms. The van der Waals surface area contributed by atoms with Gasteiger partial charge in [-0.1, -0.05) is 12.1 Å². The van der Waals surface area contributed by atoms with Crippen LogP contribution in [0.4, 0.5) is 5.69 Å². The number of rotatable bonds is 4. The van der Waals surface area contributed by atoms with Crippen LogP contribution < -0.4 is 9.64 Å². The Morgan fingerprint density at radius 1 is 1.26 bits per heavy atom. The van der Waals surface area contributed by atoms with Crippen molar-refractivity contribution in [2.45, 2.75) is 19.1 Å². The van der Waals surface area contributed by atoms with Crippen LogP contribution in [-0.2, 0) is 20.9 Å². The number of hydrogen-bond acceptors (Lipinski definition) is 5. The fraction of sp³-hybridized carbons (Fsp3) is 0.421. The van der Waals surface area contributed by atoms with Crippen LogP contribution in [0.1, 0.15) is 6.42 Å². The summed E-state index contributed by atoms with van der Waals surface area (Å²) in [5, 5.41) is 4.21. The van der Waals surface area contributed by atoms with Gasteiger partial charge >= 0.3 is 0 Å². The zero-order valence-electron chi connectivity index (χ0n) is 15.0. The van der Waals surface area contributed by atoms with Crippen molar-refractivity contribution in [3.05, 3.63) is 42.7 Å². The molecule has 4 rings (SSSR count). The molecular formula is C19H22N4O4. The first-order valence-corrected chi connectivity index (χ1v) is 9.10. The zero-order valence-corrected chi connectivity index (χ0v) is 15.0. The van der Waals surface area contributed by atoms with Gasteiger partial charge in [0.1, 0.15) is 12.3 Å². The molecule has 27 heavy (non-hydrogen) atoms. The lowest BCUT2D eigenvalue weighted by molar-refractivity contribution is -0.132. The Bertz CT molecular complexity index is 808. The molecule has 0 bridgehead atoms. The Hall–Kier alpha value is -2.87. The molecule has 2 aromatic rings. The van der Waals surface area contributed by atoms with Crippen molar-refractivity contribution in [2.24, 2.45) is 0 Å². The topological polar surface area (TPSA) is 76.9 Å². The number of anilines is 1. The Morgan fingerprint density at radius 2 is 2.15 bits per heavy atom. The van der Waals surface area contributed by atoms with Crippen molar-refractivity contribution in [3.8, 4) is 5.75 Å². The van der Waals surface area contributed by atoms with Crippen molar-refractivity contribution in [3.63, 3.8) is 0 Å². The van der Waals surface area contributed by atoms with Gasteiger partial charge in [0.25, 0.3) is 5.91 Å². The average molecular weight is 370 g/mol. The van der Waals surface area contributed by atoms with Gasteiger partial charge in [-0.15, -0.1) is 0 Å². The summed E-state index contributed by atoms with van der Waals surface area (Å²) >= 11 is 0. The number of amides is 2. The largest absolute Gasteiger partial charge is 0.482 e. The maximum Gasteiger partial charge on any atom is 0.265 e. The number of carbonyl (C=O) groups is 2. The highest BCUT2D eigenvalue weighted by Crippen LogP contribution is 2.31. The Morgan fingerprint density at radius 3 is 3.00 bits per heavy atom. The Labute approximate surface area is 157 Å².